The minimum absolute atomic E-state index is 0.197. The average molecular weight is 332 g/mol. The summed E-state index contributed by atoms with van der Waals surface area (Å²) in [5, 5.41) is 7.32. The van der Waals surface area contributed by atoms with Gasteiger partial charge in [0, 0.05) is 24.6 Å². The first kappa shape index (κ1) is 16.6. The Morgan fingerprint density at radius 3 is 2.88 bits per heavy atom. The topological polar surface area (TPSA) is 64.4 Å². The van der Waals surface area contributed by atoms with Crippen molar-refractivity contribution in [2.24, 2.45) is 5.41 Å². The third-order valence-corrected chi connectivity index (χ3v) is 4.39. The van der Waals surface area contributed by atoms with Gasteiger partial charge in [0.2, 0.25) is 0 Å². The van der Waals surface area contributed by atoms with Crippen molar-refractivity contribution in [2.75, 3.05) is 19.7 Å². The molecule has 1 aromatic carbocycles. The lowest BCUT2D eigenvalue weighted by Crippen LogP contribution is -2.47. The summed E-state index contributed by atoms with van der Waals surface area (Å²) in [7, 11) is 0. The van der Waals surface area contributed by atoms with Crippen LogP contribution < -0.4 is 5.32 Å². The number of carbonyl (C=O) groups is 1. The molecule has 0 spiro atoms. The average Bonchev–Trinajstić information content (AvgIpc) is 3.05. The number of rotatable bonds is 5. The minimum Gasteiger partial charge on any atom is -0.466 e. The van der Waals surface area contributed by atoms with E-state index in [0.717, 1.165) is 24.9 Å². The van der Waals surface area contributed by atoms with E-state index >= 15 is 0 Å². The molecule has 0 saturated carbocycles. The van der Waals surface area contributed by atoms with Gasteiger partial charge in [-0.1, -0.05) is 5.16 Å². The Kier molecular flexibility index (Phi) is 4.94. The number of benzene rings is 1. The quantitative estimate of drug-likeness (QED) is 0.853. The number of hydrogen-bond acceptors (Lipinski definition) is 5. The first-order valence-corrected chi connectivity index (χ1v) is 8.22. The van der Waals surface area contributed by atoms with Crippen LogP contribution >= 0.6 is 0 Å². The number of carbonyl (C=O) groups excluding carboxylic acids is 1. The fourth-order valence-corrected chi connectivity index (χ4v) is 3.14. The van der Waals surface area contributed by atoms with Gasteiger partial charge in [-0.2, -0.15) is 0 Å². The molecule has 6 heteroatoms. The van der Waals surface area contributed by atoms with Gasteiger partial charge < -0.3 is 14.6 Å². The van der Waals surface area contributed by atoms with E-state index in [1.807, 2.05) is 13.0 Å². The Labute approximate surface area is 140 Å². The summed E-state index contributed by atoms with van der Waals surface area (Å²) < 4.78 is 23.7. The van der Waals surface area contributed by atoms with Crippen molar-refractivity contribution in [3.63, 3.8) is 0 Å². The molecule has 2 aromatic rings. The second-order valence-corrected chi connectivity index (χ2v) is 6.14. The number of halogens is 1. The molecule has 2 heterocycles. The van der Waals surface area contributed by atoms with E-state index in [0.29, 0.717) is 31.0 Å². The second kappa shape index (κ2) is 7.13. The second-order valence-electron chi connectivity index (χ2n) is 6.14. The third kappa shape index (κ3) is 3.48. The van der Waals surface area contributed by atoms with Gasteiger partial charge in [0.15, 0.2) is 0 Å². The predicted octanol–water partition coefficient (Wildman–Crippen LogP) is 2.96. The number of hydrogen-bond donors (Lipinski definition) is 1. The van der Waals surface area contributed by atoms with Crippen molar-refractivity contribution in [1.29, 1.82) is 0 Å². The molecule has 128 valence electrons. The summed E-state index contributed by atoms with van der Waals surface area (Å²) in [6.45, 7) is 3.64. The van der Waals surface area contributed by atoms with Gasteiger partial charge in [-0.05, 0) is 50.6 Å². The maximum absolute atomic E-state index is 13.0. The molecule has 1 fully saturated rings. The fourth-order valence-electron chi connectivity index (χ4n) is 3.14. The van der Waals surface area contributed by atoms with Gasteiger partial charge in [-0.25, -0.2) is 4.39 Å². The number of ether oxygens (including phenoxy) is 1. The van der Waals surface area contributed by atoms with E-state index in [4.69, 9.17) is 9.26 Å². The molecule has 5 nitrogen and oxygen atoms in total. The summed E-state index contributed by atoms with van der Waals surface area (Å²) in [5.41, 5.74) is 0.791. The zero-order valence-corrected chi connectivity index (χ0v) is 13.7. The number of esters is 1. The normalized spacial score (nSPS) is 20.8. The maximum Gasteiger partial charge on any atom is 0.313 e. The van der Waals surface area contributed by atoms with Crippen LogP contribution in [0.3, 0.4) is 0 Å². The van der Waals surface area contributed by atoms with Crippen LogP contribution in [0.4, 0.5) is 4.39 Å². The summed E-state index contributed by atoms with van der Waals surface area (Å²) in [5.74, 6) is 0.139. The van der Waals surface area contributed by atoms with Crippen molar-refractivity contribution < 1.29 is 18.4 Å². The summed E-state index contributed by atoms with van der Waals surface area (Å²) in [4.78, 5) is 12.5. The molecule has 1 aliphatic rings. The molecule has 1 unspecified atom stereocenters. The van der Waals surface area contributed by atoms with Crippen LogP contribution in [-0.2, 0) is 16.0 Å². The van der Waals surface area contributed by atoms with Gasteiger partial charge >= 0.3 is 5.97 Å². The molecule has 0 bridgehead atoms. The van der Waals surface area contributed by atoms with E-state index in [1.54, 1.807) is 12.1 Å². The Hall–Kier alpha value is -2.21. The van der Waals surface area contributed by atoms with Crippen LogP contribution in [0, 0.1) is 11.2 Å². The highest BCUT2D eigenvalue weighted by Gasteiger charge is 2.42. The number of nitrogens with one attached hydrogen (secondary N) is 1. The molecule has 1 N–H and O–H groups in total. The number of nitrogens with zero attached hydrogens (tertiary/aromatic N) is 1. The van der Waals surface area contributed by atoms with Crippen molar-refractivity contribution in [1.82, 2.24) is 10.5 Å². The predicted molar refractivity (Wildman–Crippen MR) is 86.8 cm³/mol. The zero-order chi connectivity index (χ0) is 17.0. The molecule has 3 rings (SSSR count). The van der Waals surface area contributed by atoms with Gasteiger partial charge in [-0.3, -0.25) is 4.79 Å². The highest BCUT2D eigenvalue weighted by molar-refractivity contribution is 5.77. The summed E-state index contributed by atoms with van der Waals surface area (Å²) >= 11 is 0. The molecule has 0 radical (unpaired) electrons. The van der Waals surface area contributed by atoms with Gasteiger partial charge in [0.25, 0.3) is 0 Å². The van der Waals surface area contributed by atoms with Crippen molar-refractivity contribution >= 4 is 5.97 Å². The lowest BCUT2D eigenvalue weighted by atomic mass is 9.77. The Morgan fingerprint density at radius 1 is 1.42 bits per heavy atom. The van der Waals surface area contributed by atoms with Crippen LogP contribution in [0.15, 0.2) is 34.9 Å². The SMILES string of the molecule is CCOC(=O)C1(Cc2cc(-c3ccc(F)cc3)no2)CCCNC1. The van der Waals surface area contributed by atoms with Crippen molar-refractivity contribution in [2.45, 2.75) is 26.2 Å². The molecule has 1 aliphatic heterocycles. The minimum atomic E-state index is -0.617. The smallest absolute Gasteiger partial charge is 0.313 e. The molecular formula is C18H21FN2O3. The van der Waals surface area contributed by atoms with Gasteiger partial charge in [0.1, 0.15) is 17.3 Å². The lowest BCUT2D eigenvalue weighted by Gasteiger charge is -2.34. The number of piperidine rings is 1. The van der Waals surface area contributed by atoms with E-state index in [9.17, 15) is 9.18 Å². The Morgan fingerprint density at radius 2 is 2.21 bits per heavy atom. The van der Waals surface area contributed by atoms with Crippen LogP contribution in [-0.4, -0.2) is 30.8 Å². The van der Waals surface area contributed by atoms with Crippen LogP contribution in [0.5, 0.6) is 0 Å². The van der Waals surface area contributed by atoms with Crippen molar-refractivity contribution in [3.05, 3.63) is 41.9 Å². The highest BCUT2D eigenvalue weighted by Crippen LogP contribution is 2.33. The molecule has 0 aliphatic carbocycles. The fraction of sp³-hybridized carbons (Fsp3) is 0.444. The van der Waals surface area contributed by atoms with E-state index in [2.05, 4.69) is 10.5 Å². The van der Waals surface area contributed by atoms with E-state index in [-0.39, 0.29) is 11.8 Å². The highest BCUT2D eigenvalue weighted by atomic mass is 19.1. The van der Waals surface area contributed by atoms with Crippen molar-refractivity contribution in [3.8, 4) is 11.3 Å². The van der Waals surface area contributed by atoms with Crippen LogP contribution in [0.1, 0.15) is 25.5 Å². The van der Waals surface area contributed by atoms with Gasteiger partial charge in [0.05, 0.1) is 12.0 Å². The molecule has 0 amide bonds. The van der Waals surface area contributed by atoms with E-state index < -0.39 is 5.41 Å². The molecule has 24 heavy (non-hydrogen) atoms. The largest absolute Gasteiger partial charge is 0.466 e. The number of aromatic nitrogens is 1. The first-order valence-electron chi connectivity index (χ1n) is 8.22. The molecule has 1 aromatic heterocycles. The zero-order valence-electron chi connectivity index (χ0n) is 13.7. The third-order valence-electron chi connectivity index (χ3n) is 4.39. The summed E-state index contributed by atoms with van der Waals surface area (Å²) in [6, 6.07) is 7.88. The molecular weight excluding hydrogens is 311 g/mol. The van der Waals surface area contributed by atoms with Crippen LogP contribution in [0.2, 0.25) is 0 Å². The van der Waals surface area contributed by atoms with Gasteiger partial charge in [-0.15, -0.1) is 0 Å². The molecule has 1 atom stereocenters. The first-order chi connectivity index (χ1) is 11.6. The Balaban J connectivity index is 1.80. The standard InChI is InChI=1S/C18H21FN2O3/c1-2-23-17(22)18(8-3-9-20-12-18)11-15-10-16(21-24-15)13-4-6-14(19)7-5-13/h4-7,10,20H,2-3,8-9,11-12H2,1H3. The Bertz CT molecular complexity index is 691. The monoisotopic (exact) mass is 332 g/mol. The van der Waals surface area contributed by atoms with Crippen LogP contribution in [0.25, 0.3) is 11.3 Å². The summed E-state index contributed by atoms with van der Waals surface area (Å²) in [6.07, 6.45) is 2.11. The lowest BCUT2D eigenvalue weighted by molar-refractivity contribution is -0.156. The molecule has 1 saturated heterocycles. The van der Waals surface area contributed by atoms with E-state index in [1.165, 1.54) is 12.1 Å². The maximum atomic E-state index is 13.0.